The number of anilines is 1. The van der Waals surface area contributed by atoms with Gasteiger partial charge in [0.2, 0.25) is 10.0 Å². The zero-order valence-corrected chi connectivity index (χ0v) is 16.0. The van der Waals surface area contributed by atoms with Gasteiger partial charge in [-0.25, -0.2) is 27.5 Å². The van der Waals surface area contributed by atoms with Crippen LogP contribution in [0.4, 0.5) is 10.2 Å². The van der Waals surface area contributed by atoms with Crippen LogP contribution in [0.1, 0.15) is 5.82 Å². The van der Waals surface area contributed by atoms with Crippen molar-refractivity contribution < 1.29 is 12.8 Å². The summed E-state index contributed by atoms with van der Waals surface area (Å²) in [7, 11) is -3.87. The number of benzene rings is 1. The quantitative estimate of drug-likeness (QED) is 0.659. The van der Waals surface area contributed by atoms with Crippen molar-refractivity contribution in [2.45, 2.75) is 11.8 Å². The summed E-state index contributed by atoms with van der Waals surface area (Å²) in [6.45, 7) is 3.19. The third-order valence-electron chi connectivity index (χ3n) is 4.57. The van der Waals surface area contributed by atoms with Gasteiger partial charge in [-0.2, -0.15) is 9.40 Å². The van der Waals surface area contributed by atoms with Gasteiger partial charge in [0.15, 0.2) is 5.82 Å². The van der Waals surface area contributed by atoms with Gasteiger partial charge in [-0.05, 0) is 25.1 Å². The SMILES string of the molecule is Cc1nc(N2CCN(S(=O)(=O)c3ccccc3F)CC2)cc(-n2cccn2)n1. The molecule has 0 atom stereocenters. The van der Waals surface area contributed by atoms with E-state index in [4.69, 9.17) is 0 Å². The van der Waals surface area contributed by atoms with E-state index < -0.39 is 15.8 Å². The second kappa shape index (κ2) is 7.28. The lowest BCUT2D eigenvalue weighted by Crippen LogP contribution is -2.49. The molecule has 1 aromatic carbocycles. The summed E-state index contributed by atoms with van der Waals surface area (Å²) >= 11 is 0. The summed E-state index contributed by atoms with van der Waals surface area (Å²) in [5.41, 5.74) is 0. The number of halogens is 1. The van der Waals surface area contributed by atoms with Crippen molar-refractivity contribution in [2.24, 2.45) is 0 Å². The first-order valence-electron chi connectivity index (χ1n) is 8.80. The zero-order valence-electron chi connectivity index (χ0n) is 15.2. The summed E-state index contributed by atoms with van der Waals surface area (Å²) in [5, 5.41) is 4.18. The molecular formula is C18H19FN6O2S. The molecule has 0 radical (unpaired) electrons. The predicted molar refractivity (Wildman–Crippen MR) is 101 cm³/mol. The van der Waals surface area contributed by atoms with Gasteiger partial charge in [-0.3, -0.25) is 0 Å². The molecule has 28 heavy (non-hydrogen) atoms. The Morgan fingerprint density at radius 1 is 1.00 bits per heavy atom. The normalized spacial score (nSPS) is 15.7. The van der Waals surface area contributed by atoms with Crippen LogP contribution in [-0.4, -0.2) is 58.7 Å². The minimum absolute atomic E-state index is 0.247. The van der Waals surface area contributed by atoms with Crippen LogP contribution in [0.25, 0.3) is 5.82 Å². The van der Waals surface area contributed by atoms with E-state index in [9.17, 15) is 12.8 Å². The summed E-state index contributed by atoms with van der Waals surface area (Å²) in [6, 6.07) is 9.07. The molecule has 10 heteroatoms. The van der Waals surface area contributed by atoms with Crippen molar-refractivity contribution in [3.05, 3.63) is 60.4 Å². The van der Waals surface area contributed by atoms with E-state index in [2.05, 4.69) is 15.1 Å². The summed E-state index contributed by atoms with van der Waals surface area (Å²) in [4.78, 5) is 10.6. The molecule has 1 aliphatic rings. The Morgan fingerprint density at radius 3 is 2.39 bits per heavy atom. The van der Waals surface area contributed by atoms with E-state index in [0.29, 0.717) is 30.5 Å². The number of sulfonamides is 1. The van der Waals surface area contributed by atoms with Crippen LogP contribution in [0.5, 0.6) is 0 Å². The van der Waals surface area contributed by atoms with Crippen molar-refractivity contribution >= 4 is 15.8 Å². The molecule has 8 nitrogen and oxygen atoms in total. The number of rotatable bonds is 4. The van der Waals surface area contributed by atoms with Crippen molar-refractivity contribution in [2.75, 3.05) is 31.1 Å². The van der Waals surface area contributed by atoms with Crippen LogP contribution < -0.4 is 4.90 Å². The van der Waals surface area contributed by atoms with Gasteiger partial charge in [-0.1, -0.05) is 12.1 Å². The zero-order chi connectivity index (χ0) is 19.7. The fraction of sp³-hybridized carbons (Fsp3) is 0.278. The Labute approximate surface area is 162 Å². The molecule has 3 heterocycles. The van der Waals surface area contributed by atoms with E-state index >= 15 is 0 Å². The van der Waals surface area contributed by atoms with Crippen LogP contribution in [0.15, 0.2) is 53.7 Å². The van der Waals surface area contributed by atoms with E-state index in [1.54, 1.807) is 24.0 Å². The van der Waals surface area contributed by atoms with Gasteiger partial charge >= 0.3 is 0 Å². The van der Waals surface area contributed by atoms with Gasteiger partial charge in [0.25, 0.3) is 0 Å². The Hall–Kier alpha value is -2.85. The van der Waals surface area contributed by atoms with E-state index in [1.807, 2.05) is 17.0 Å². The fourth-order valence-electron chi connectivity index (χ4n) is 3.17. The second-order valence-electron chi connectivity index (χ2n) is 6.40. The van der Waals surface area contributed by atoms with Crippen LogP contribution in [0, 0.1) is 12.7 Å². The third-order valence-corrected chi connectivity index (χ3v) is 6.50. The highest BCUT2D eigenvalue weighted by Gasteiger charge is 2.31. The predicted octanol–water partition coefficient (Wildman–Crippen LogP) is 1.62. The molecule has 0 amide bonds. The standard InChI is InChI=1S/C18H19FN6O2S/c1-14-21-17(13-18(22-14)25-8-4-7-20-25)23-9-11-24(12-10-23)28(26,27)16-6-3-2-5-15(16)19/h2-8,13H,9-12H2,1H3. The lowest BCUT2D eigenvalue weighted by atomic mass is 10.3. The van der Waals surface area contributed by atoms with Gasteiger partial charge in [0, 0.05) is 44.6 Å². The number of hydrogen-bond acceptors (Lipinski definition) is 6. The molecule has 0 saturated carbocycles. The van der Waals surface area contributed by atoms with Crippen LogP contribution in [0.3, 0.4) is 0 Å². The third kappa shape index (κ3) is 3.48. The molecule has 2 aromatic heterocycles. The maximum atomic E-state index is 14.0. The van der Waals surface area contributed by atoms with Crippen molar-refractivity contribution in [1.29, 1.82) is 0 Å². The molecule has 0 N–H and O–H groups in total. The second-order valence-corrected chi connectivity index (χ2v) is 8.31. The molecule has 0 spiro atoms. The maximum absolute atomic E-state index is 14.0. The molecule has 146 valence electrons. The summed E-state index contributed by atoms with van der Waals surface area (Å²) < 4.78 is 42.4. The Morgan fingerprint density at radius 2 is 1.71 bits per heavy atom. The largest absolute Gasteiger partial charge is 0.354 e. The number of aromatic nitrogens is 4. The minimum atomic E-state index is -3.87. The van der Waals surface area contributed by atoms with Gasteiger partial charge in [0.05, 0.1) is 0 Å². The lowest BCUT2D eigenvalue weighted by molar-refractivity contribution is 0.381. The lowest BCUT2D eigenvalue weighted by Gasteiger charge is -2.34. The van der Waals surface area contributed by atoms with Gasteiger partial charge < -0.3 is 4.90 Å². The van der Waals surface area contributed by atoms with E-state index in [1.165, 1.54) is 22.5 Å². The molecule has 1 saturated heterocycles. The smallest absolute Gasteiger partial charge is 0.246 e. The number of nitrogens with zero attached hydrogens (tertiary/aromatic N) is 6. The van der Waals surface area contributed by atoms with Crippen LogP contribution in [-0.2, 0) is 10.0 Å². The Kier molecular flexibility index (Phi) is 4.82. The molecule has 3 aromatic rings. The number of piperazine rings is 1. The minimum Gasteiger partial charge on any atom is -0.354 e. The van der Waals surface area contributed by atoms with E-state index in [-0.39, 0.29) is 18.0 Å². The van der Waals surface area contributed by atoms with Crippen LogP contribution in [0.2, 0.25) is 0 Å². The maximum Gasteiger partial charge on any atom is 0.246 e. The van der Waals surface area contributed by atoms with Crippen molar-refractivity contribution in [3.63, 3.8) is 0 Å². The molecule has 1 fully saturated rings. The first kappa shape index (κ1) is 18.5. The van der Waals surface area contributed by atoms with Crippen molar-refractivity contribution in [1.82, 2.24) is 24.1 Å². The molecule has 1 aliphatic heterocycles. The molecular weight excluding hydrogens is 383 g/mol. The summed E-state index contributed by atoms with van der Waals surface area (Å²) in [6.07, 6.45) is 3.47. The van der Waals surface area contributed by atoms with Gasteiger partial charge in [-0.15, -0.1) is 0 Å². The average molecular weight is 402 g/mol. The molecule has 0 unspecified atom stereocenters. The highest BCUT2D eigenvalue weighted by Crippen LogP contribution is 2.22. The van der Waals surface area contributed by atoms with E-state index in [0.717, 1.165) is 6.07 Å². The Bertz CT molecular complexity index is 1080. The number of hydrogen-bond donors (Lipinski definition) is 0. The Balaban J connectivity index is 1.53. The molecule has 4 rings (SSSR count). The highest BCUT2D eigenvalue weighted by molar-refractivity contribution is 7.89. The van der Waals surface area contributed by atoms with Crippen LogP contribution >= 0.6 is 0 Å². The fourth-order valence-corrected chi connectivity index (χ4v) is 4.66. The highest BCUT2D eigenvalue weighted by atomic mass is 32.2. The van der Waals surface area contributed by atoms with Gasteiger partial charge in [0.1, 0.15) is 22.4 Å². The van der Waals surface area contributed by atoms with Crippen molar-refractivity contribution in [3.8, 4) is 5.82 Å². The first-order chi connectivity index (χ1) is 13.4. The summed E-state index contributed by atoms with van der Waals surface area (Å²) in [5.74, 6) is 1.22. The molecule has 0 bridgehead atoms. The first-order valence-corrected chi connectivity index (χ1v) is 10.2. The average Bonchev–Trinajstić information content (AvgIpc) is 3.23. The topological polar surface area (TPSA) is 84.2 Å². The molecule has 0 aliphatic carbocycles. The monoisotopic (exact) mass is 402 g/mol. The number of aryl methyl sites for hydroxylation is 1.